The van der Waals surface area contributed by atoms with E-state index in [2.05, 4.69) is 10.4 Å². The highest BCUT2D eigenvalue weighted by Crippen LogP contribution is 2.28. The van der Waals surface area contributed by atoms with Crippen molar-refractivity contribution in [2.24, 2.45) is 5.73 Å². The molecule has 7 nitrogen and oxygen atoms in total. The van der Waals surface area contributed by atoms with E-state index in [-0.39, 0.29) is 23.2 Å². The van der Waals surface area contributed by atoms with Gasteiger partial charge >= 0.3 is 0 Å². The van der Waals surface area contributed by atoms with Crippen LogP contribution in [0.1, 0.15) is 34.2 Å². The molecular weight excluding hydrogens is 268 g/mol. The average Bonchev–Trinajstić information content (AvgIpc) is 2.89. The van der Waals surface area contributed by atoms with Gasteiger partial charge in [0.05, 0.1) is 17.5 Å². The number of rotatable bonds is 2. The quantitative estimate of drug-likeness (QED) is 0.723. The van der Waals surface area contributed by atoms with E-state index < -0.39 is 15.7 Å². The van der Waals surface area contributed by atoms with Crippen LogP contribution in [0.2, 0.25) is 0 Å². The maximum absolute atomic E-state index is 11.6. The summed E-state index contributed by atoms with van der Waals surface area (Å²) >= 11 is 0. The van der Waals surface area contributed by atoms with Gasteiger partial charge in [0.1, 0.15) is 0 Å². The Labute approximate surface area is 111 Å². The Kier molecular flexibility index (Phi) is 2.86. The topological polar surface area (TPSA) is 107 Å². The van der Waals surface area contributed by atoms with Gasteiger partial charge < -0.3 is 11.1 Å². The molecule has 1 unspecified atom stereocenters. The molecule has 1 aromatic rings. The van der Waals surface area contributed by atoms with Gasteiger partial charge in [-0.25, -0.2) is 8.42 Å². The van der Waals surface area contributed by atoms with Gasteiger partial charge in [0.2, 0.25) is 0 Å². The third-order valence-electron chi connectivity index (χ3n) is 3.75. The van der Waals surface area contributed by atoms with Crippen molar-refractivity contribution >= 4 is 15.7 Å². The van der Waals surface area contributed by atoms with Crippen molar-refractivity contribution in [3.05, 3.63) is 17.0 Å². The lowest BCUT2D eigenvalue weighted by atomic mass is 10.1. The van der Waals surface area contributed by atoms with Crippen molar-refractivity contribution in [1.29, 1.82) is 0 Å². The smallest absolute Gasteiger partial charge is 0.269 e. The molecule has 3 rings (SSSR count). The van der Waals surface area contributed by atoms with Crippen LogP contribution in [0.25, 0.3) is 0 Å². The van der Waals surface area contributed by atoms with Crippen molar-refractivity contribution in [2.75, 3.05) is 18.1 Å². The minimum Gasteiger partial charge on any atom is -0.364 e. The number of nitrogens with one attached hydrogen (secondary N) is 1. The number of sulfone groups is 1. The van der Waals surface area contributed by atoms with Crippen LogP contribution in [-0.2, 0) is 22.8 Å². The van der Waals surface area contributed by atoms with Gasteiger partial charge in [-0.15, -0.1) is 0 Å². The molecule has 1 aromatic heterocycles. The Balaban J connectivity index is 2.05. The molecular formula is C11H16N4O3S. The number of carbonyl (C=O) groups excluding carboxylic acids is 1. The van der Waals surface area contributed by atoms with Gasteiger partial charge in [-0.05, 0) is 6.42 Å². The molecule has 1 atom stereocenters. The Morgan fingerprint density at radius 1 is 1.47 bits per heavy atom. The molecule has 2 aliphatic rings. The summed E-state index contributed by atoms with van der Waals surface area (Å²) in [7, 11) is -2.97. The van der Waals surface area contributed by atoms with Crippen LogP contribution in [0.3, 0.4) is 0 Å². The normalized spacial score (nSPS) is 25.2. The summed E-state index contributed by atoms with van der Waals surface area (Å²) < 4.78 is 24.9. The molecule has 0 saturated carbocycles. The number of aromatic nitrogens is 2. The highest BCUT2D eigenvalue weighted by molar-refractivity contribution is 7.91. The van der Waals surface area contributed by atoms with E-state index in [0.717, 1.165) is 24.2 Å². The number of hydrogen-bond acceptors (Lipinski definition) is 5. The molecule has 19 heavy (non-hydrogen) atoms. The summed E-state index contributed by atoms with van der Waals surface area (Å²) in [5.41, 5.74) is 7.39. The molecule has 1 amide bonds. The first-order chi connectivity index (χ1) is 8.98. The molecule has 1 fully saturated rings. The molecule has 0 spiro atoms. The molecule has 0 bridgehead atoms. The largest absolute Gasteiger partial charge is 0.364 e. The molecule has 0 radical (unpaired) electrons. The predicted octanol–water partition coefficient (Wildman–Crippen LogP) is -1.01. The highest BCUT2D eigenvalue weighted by atomic mass is 32.2. The Morgan fingerprint density at radius 3 is 2.89 bits per heavy atom. The second-order valence-electron chi connectivity index (χ2n) is 5.07. The fourth-order valence-corrected chi connectivity index (χ4v) is 4.54. The van der Waals surface area contributed by atoms with E-state index in [4.69, 9.17) is 5.73 Å². The fourth-order valence-electron chi connectivity index (χ4n) is 2.84. The SMILES string of the molecule is NC(=O)c1nn(C2CCS(=O)(=O)C2)c2c1CNCC2. The summed E-state index contributed by atoms with van der Waals surface area (Å²) in [5.74, 6) is -0.261. The standard InChI is InChI=1S/C11H16N4O3S/c12-11(16)10-8-5-13-3-1-9(8)15(14-10)7-2-4-19(17,18)6-7/h7,13H,1-6H2,(H2,12,16). The first-order valence-electron chi connectivity index (χ1n) is 6.29. The van der Waals surface area contributed by atoms with Gasteiger partial charge in [0.25, 0.3) is 5.91 Å². The maximum atomic E-state index is 11.6. The van der Waals surface area contributed by atoms with Crippen molar-refractivity contribution in [2.45, 2.75) is 25.4 Å². The van der Waals surface area contributed by atoms with Crippen LogP contribution in [0.5, 0.6) is 0 Å². The summed E-state index contributed by atoms with van der Waals surface area (Å²) in [4.78, 5) is 11.4. The van der Waals surface area contributed by atoms with Crippen molar-refractivity contribution in [1.82, 2.24) is 15.1 Å². The first kappa shape index (κ1) is 12.6. The minimum atomic E-state index is -2.97. The molecule has 2 aliphatic heterocycles. The Hall–Kier alpha value is -1.41. The van der Waals surface area contributed by atoms with Gasteiger partial charge in [-0.3, -0.25) is 9.48 Å². The van der Waals surface area contributed by atoms with E-state index in [1.165, 1.54) is 0 Å². The van der Waals surface area contributed by atoms with E-state index in [9.17, 15) is 13.2 Å². The van der Waals surface area contributed by atoms with Crippen LogP contribution >= 0.6 is 0 Å². The number of amides is 1. The summed E-state index contributed by atoms with van der Waals surface area (Å²) in [6.45, 7) is 1.36. The number of carbonyl (C=O) groups is 1. The van der Waals surface area contributed by atoms with E-state index in [0.29, 0.717) is 13.0 Å². The maximum Gasteiger partial charge on any atom is 0.269 e. The van der Waals surface area contributed by atoms with E-state index >= 15 is 0 Å². The first-order valence-corrected chi connectivity index (χ1v) is 8.11. The molecule has 3 heterocycles. The lowest BCUT2D eigenvalue weighted by Crippen LogP contribution is -2.27. The van der Waals surface area contributed by atoms with E-state index in [1.807, 2.05) is 0 Å². The average molecular weight is 284 g/mol. The zero-order valence-corrected chi connectivity index (χ0v) is 11.2. The molecule has 3 N–H and O–H groups in total. The highest BCUT2D eigenvalue weighted by Gasteiger charge is 2.33. The minimum absolute atomic E-state index is 0.104. The number of nitrogens with two attached hydrogens (primary N) is 1. The zero-order valence-electron chi connectivity index (χ0n) is 10.4. The second kappa shape index (κ2) is 4.31. The van der Waals surface area contributed by atoms with Crippen LogP contribution < -0.4 is 11.1 Å². The third kappa shape index (κ3) is 2.14. The Bertz CT molecular complexity index is 635. The Morgan fingerprint density at radius 2 is 2.26 bits per heavy atom. The molecule has 0 aliphatic carbocycles. The molecule has 1 saturated heterocycles. The van der Waals surface area contributed by atoms with Gasteiger partial charge in [0.15, 0.2) is 15.5 Å². The van der Waals surface area contributed by atoms with Crippen LogP contribution in [0, 0.1) is 0 Å². The fraction of sp³-hybridized carbons (Fsp3) is 0.636. The van der Waals surface area contributed by atoms with Crippen LogP contribution in [0.4, 0.5) is 0 Å². The monoisotopic (exact) mass is 284 g/mol. The van der Waals surface area contributed by atoms with Crippen LogP contribution in [0.15, 0.2) is 0 Å². The zero-order chi connectivity index (χ0) is 13.6. The van der Waals surface area contributed by atoms with Crippen LogP contribution in [-0.4, -0.2) is 42.2 Å². The number of fused-ring (bicyclic) bond motifs is 1. The van der Waals surface area contributed by atoms with Gasteiger partial charge in [-0.2, -0.15) is 5.10 Å². The predicted molar refractivity (Wildman–Crippen MR) is 68.5 cm³/mol. The molecule has 8 heteroatoms. The van der Waals surface area contributed by atoms with Gasteiger partial charge in [-0.1, -0.05) is 0 Å². The second-order valence-corrected chi connectivity index (χ2v) is 7.30. The van der Waals surface area contributed by atoms with Crippen molar-refractivity contribution < 1.29 is 13.2 Å². The van der Waals surface area contributed by atoms with Crippen molar-refractivity contribution in [3.8, 4) is 0 Å². The van der Waals surface area contributed by atoms with Crippen molar-refractivity contribution in [3.63, 3.8) is 0 Å². The lowest BCUT2D eigenvalue weighted by molar-refractivity contribution is 0.0993. The lowest BCUT2D eigenvalue weighted by Gasteiger charge is -2.18. The number of hydrogen-bond donors (Lipinski definition) is 2. The summed E-state index contributed by atoms with van der Waals surface area (Å²) in [5, 5.41) is 7.45. The summed E-state index contributed by atoms with van der Waals surface area (Å²) in [6, 6.07) is -0.162. The molecule has 104 valence electrons. The number of primary amides is 1. The number of nitrogens with zero attached hydrogens (tertiary/aromatic N) is 2. The van der Waals surface area contributed by atoms with Gasteiger partial charge in [0, 0.05) is 30.8 Å². The summed E-state index contributed by atoms with van der Waals surface area (Å²) in [6.07, 6.45) is 1.30. The van der Waals surface area contributed by atoms with E-state index in [1.54, 1.807) is 4.68 Å². The third-order valence-corrected chi connectivity index (χ3v) is 5.50. The molecule has 0 aromatic carbocycles.